The number of aryl methyl sites for hydroxylation is 2. The van der Waals surface area contributed by atoms with Gasteiger partial charge in [0.2, 0.25) is 0 Å². The van der Waals surface area contributed by atoms with Gasteiger partial charge in [-0.1, -0.05) is 54.1 Å². The lowest BCUT2D eigenvalue weighted by atomic mass is 9.88. The molecule has 5 nitrogen and oxygen atoms in total. The molecule has 6 heteroatoms. The summed E-state index contributed by atoms with van der Waals surface area (Å²) < 4.78 is 5.18. The first-order chi connectivity index (χ1) is 14.6. The molecule has 3 aromatic rings. The van der Waals surface area contributed by atoms with Gasteiger partial charge in [-0.05, 0) is 37.3 Å². The van der Waals surface area contributed by atoms with E-state index in [9.17, 15) is 9.59 Å². The van der Waals surface area contributed by atoms with E-state index < -0.39 is 5.97 Å². The van der Waals surface area contributed by atoms with Crippen LogP contribution in [0.1, 0.15) is 41.3 Å². The number of benzene rings is 2. The maximum Gasteiger partial charge on any atom is 0.312 e. The quantitative estimate of drug-likeness (QED) is 0.600. The van der Waals surface area contributed by atoms with Gasteiger partial charge in [-0.2, -0.15) is 0 Å². The molecule has 30 heavy (non-hydrogen) atoms. The van der Waals surface area contributed by atoms with Crippen molar-refractivity contribution in [3.8, 4) is 10.6 Å². The number of fused-ring (bicyclic) bond motifs is 1. The number of amides is 1. The van der Waals surface area contributed by atoms with Crippen LogP contribution in [0.3, 0.4) is 0 Å². The summed E-state index contributed by atoms with van der Waals surface area (Å²) >= 11 is 1.49. The Morgan fingerprint density at radius 1 is 1.17 bits per heavy atom. The van der Waals surface area contributed by atoms with E-state index in [1.165, 1.54) is 22.5 Å². The fourth-order valence-corrected chi connectivity index (χ4v) is 4.53. The second-order valence-electron chi connectivity index (χ2n) is 7.56. The third-order valence-electron chi connectivity index (χ3n) is 5.24. The molecule has 0 aliphatic heterocycles. The number of esters is 1. The largest absolute Gasteiger partial charge is 0.455 e. The fraction of sp³-hybridized carbons (Fsp3) is 0.292. The number of thiazole rings is 1. The lowest BCUT2D eigenvalue weighted by Crippen LogP contribution is -2.34. The highest BCUT2D eigenvalue weighted by Crippen LogP contribution is 2.29. The highest BCUT2D eigenvalue weighted by molar-refractivity contribution is 7.13. The lowest BCUT2D eigenvalue weighted by Gasteiger charge is -2.26. The standard InChI is InChI=1S/C24H24N2O3S/c1-16-9-11-18(12-10-16)24-25-19(15-30-24)13-23(28)29-14-22(27)26-21-8-4-6-17-5-2-3-7-20(17)21/h2-3,5,7,9-12,15,21H,4,6,8,13-14H2,1H3,(H,26,27)/t21-/m0/s1. The maximum atomic E-state index is 12.3. The Hall–Kier alpha value is -2.99. The van der Waals surface area contributed by atoms with E-state index in [-0.39, 0.29) is 25.0 Å². The normalized spacial score (nSPS) is 15.3. The van der Waals surface area contributed by atoms with Gasteiger partial charge in [0.05, 0.1) is 18.2 Å². The van der Waals surface area contributed by atoms with Crippen LogP contribution in [0, 0.1) is 6.92 Å². The molecule has 154 valence electrons. The molecule has 0 saturated carbocycles. The molecule has 1 heterocycles. The Bertz CT molecular complexity index is 1040. The first-order valence-corrected chi connectivity index (χ1v) is 11.0. The van der Waals surface area contributed by atoms with Crippen LogP contribution in [-0.4, -0.2) is 23.5 Å². The molecule has 1 amide bonds. The molecular weight excluding hydrogens is 396 g/mol. The monoisotopic (exact) mass is 420 g/mol. The molecule has 1 aromatic heterocycles. The average Bonchev–Trinajstić information content (AvgIpc) is 3.21. The molecular formula is C24H24N2O3S. The molecule has 0 spiro atoms. The number of carbonyl (C=O) groups is 2. The predicted molar refractivity (Wildman–Crippen MR) is 117 cm³/mol. The van der Waals surface area contributed by atoms with Crippen molar-refractivity contribution >= 4 is 23.2 Å². The Balaban J connectivity index is 1.27. The smallest absolute Gasteiger partial charge is 0.312 e. The van der Waals surface area contributed by atoms with Gasteiger partial charge in [-0.25, -0.2) is 4.98 Å². The number of hydrogen-bond acceptors (Lipinski definition) is 5. The van der Waals surface area contributed by atoms with Crippen molar-refractivity contribution in [1.82, 2.24) is 10.3 Å². The molecule has 0 radical (unpaired) electrons. The van der Waals surface area contributed by atoms with Crippen LogP contribution in [0.25, 0.3) is 10.6 Å². The Labute approximate surface area is 180 Å². The van der Waals surface area contributed by atoms with Crippen LogP contribution >= 0.6 is 11.3 Å². The van der Waals surface area contributed by atoms with Crippen molar-refractivity contribution in [3.05, 3.63) is 76.3 Å². The third-order valence-corrected chi connectivity index (χ3v) is 6.18. The average molecular weight is 421 g/mol. The first kappa shape index (κ1) is 20.3. The van der Waals surface area contributed by atoms with Crippen molar-refractivity contribution in [2.24, 2.45) is 0 Å². The number of nitrogens with one attached hydrogen (secondary N) is 1. The van der Waals surface area contributed by atoms with Gasteiger partial charge in [0.1, 0.15) is 5.01 Å². The Morgan fingerprint density at radius 3 is 2.80 bits per heavy atom. The molecule has 1 atom stereocenters. The van der Waals surface area contributed by atoms with Crippen molar-refractivity contribution in [1.29, 1.82) is 0 Å². The number of aromatic nitrogens is 1. The molecule has 0 saturated heterocycles. The van der Waals surface area contributed by atoms with Gasteiger partial charge in [0.25, 0.3) is 5.91 Å². The topological polar surface area (TPSA) is 68.3 Å². The van der Waals surface area contributed by atoms with Gasteiger partial charge in [-0.15, -0.1) is 11.3 Å². The van der Waals surface area contributed by atoms with Crippen molar-refractivity contribution < 1.29 is 14.3 Å². The molecule has 1 aliphatic carbocycles. The van der Waals surface area contributed by atoms with E-state index >= 15 is 0 Å². The van der Waals surface area contributed by atoms with Gasteiger partial charge in [0, 0.05) is 10.9 Å². The van der Waals surface area contributed by atoms with Crippen molar-refractivity contribution in [3.63, 3.8) is 0 Å². The van der Waals surface area contributed by atoms with E-state index in [4.69, 9.17) is 4.74 Å². The van der Waals surface area contributed by atoms with Crippen LogP contribution in [0.2, 0.25) is 0 Å². The van der Waals surface area contributed by atoms with E-state index in [0.29, 0.717) is 5.69 Å². The second-order valence-corrected chi connectivity index (χ2v) is 8.42. The number of nitrogens with zero attached hydrogens (tertiary/aromatic N) is 1. The Kier molecular flexibility index (Phi) is 6.23. The molecule has 1 N–H and O–H groups in total. The van der Waals surface area contributed by atoms with Crippen LogP contribution in [0.4, 0.5) is 0 Å². The van der Waals surface area contributed by atoms with Crippen LogP contribution in [0.15, 0.2) is 53.9 Å². The SMILES string of the molecule is Cc1ccc(-c2nc(CC(=O)OCC(=O)N[C@H]3CCCc4ccccc43)cs2)cc1. The van der Waals surface area contributed by atoms with Gasteiger partial charge in [0.15, 0.2) is 6.61 Å². The molecule has 4 rings (SSSR count). The predicted octanol–water partition coefficient (Wildman–Crippen LogP) is 4.40. The zero-order chi connectivity index (χ0) is 20.9. The number of ether oxygens (including phenoxy) is 1. The number of carbonyl (C=O) groups excluding carboxylic acids is 2. The summed E-state index contributed by atoms with van der Waals surface area (Å²) in [5, 5.41) is 5.72. The highest BCUT2D eigenvalue weighted by Gasteiger charge is 2.22. The van der Waals surface area contributed by atoms with Crippen LogP contribution < -0.4 is 5.32 Å². The van der Waals surface area contributed by atoms with Crippen molar-refractivity contribution in [2.45, 2.75) is 38.6 Å². The number of hydrogen-bond donors (Lipinski definition) is 1. The molecule has 0 bridgehead atoms. The minimum Gasteiger partial charge on any atom is -0.455 e. The molecule has 0 unspecified atom stereocenters. The zero-order valence-corrected chi connectivity index (χ0v) is 17.7. The summed E-state index contributed by atoms with van der Waals surface area (Å²) in [6, 6.07) is 16.3. The fourth-order valence-electron chi connectivity index (χ4n) is 3.70. The summed E-state index contributed by atoms with van der Waals surface area (Å²) in [5.74, 6) is -0.723. The van der Waals surface area contributed by atoms with Crippen LogP contribution in [-0.2, 0) is 27.2 Å². The number of rotatable bonds is 6. The molecule has 2 aromatic carbocycles. The summed E-state index contributed by atoms with van der Waals surface area (Å²) in [5.41, 5.74) is 5.31. The van der Waals surface area contributed by atoms with E-state index in [2.05, 4.69) is 22.4 Å². The summed E-state index contributed by atoms with van der Waals surface area (Å²) in [7, 11) is 0. The molecule has 1 aliphatic rings. The summed E-state index contributed by atoms with van der Waals surface area (Å²) in [6.45, 7) is 1.77. The first-order valence-electron chi connectivity index (χ1n) is 10.1. The van der Waals surface area contributed by atoms with Crippen LogP contribution in [0.5, 0.6) is 0 Å². The van der Waals surface area contributed by atoms with Gasteiger partial charge < -0.3 is 10.1 Å². The second kappa shape index (κ2) is 9.22. The maximum absolute atomic E-state index is 12.3. The van der Waals surface area contributed by atoms with Crippen molar-refractivity contribution in [2.75, 3.05) is 6.61 Å². The summed E-state index contributed by atoms with van der Waals surface area (Å²) in [6.07, 6.45) is 3.03. The minimum absolute atomic E-state index is 0.0169. The van der Waals surface area contributed by atoms with Gasteiger partial charge >= 0.3 is 5.97 Å². The van der Waals surface area contributed by atoms with E-state index in [0.717, 1.165) is 35.4 Å². The third kappa shape index (κ3) is 4.94. The minimum atomic E-state index is -0.449. The van der Waals surface area contributed by atoms with Gasteiger partial charge in [-0.3, -0.25) is 9.59 Å². The highest BCUT2D eigenvalue weighted by atomic mass is 32.1. The summed E-state index contributed by atoms with van der Waals surface area (Å²) in [4.78, 5) is 29.0. The molecule has 0 fully saturated rings. The van der Waals surface area contributed by atoms with E-state index in [1.54, 1.807) is 0 Å². The lowest BCUT2D eigenvalue weighted by molar-refractivity contribution is -0.148. The Morgan fingerprint density at radius 2 is 1.97 bits per heavy atom. The zero-order valence-electron chi connectivity index (χ0n) is 16.9. The van der Waals surface area contributed by atoms with E-state index in [1.807, 2.05) is 48.7 Å².